The summed E-state index contributed by atoms with van der Waals surface area (Å²) >= 11 is 0. The third-order valence-corrected chi connectivity index (χ3v) is 2.59. The molecule has 104 valence electrons. The lowest BCUT2D eigenvalue weighted by molar-refractivity contribution is 0.424. The second kappa shape index (κ2) is 7.89. The molecule has 0 bridgehead atoms. The third-order valence-electron chi connectivity index (χ3n) is 2.59. The van der Waals surface area contributed by atoms with E-state index in [4.69, 9.17) is 10.0 Å². The lowest BCUT2D eigenvalue weighted by Crippen LogP contribution is -2.31. The van der Waals surface area contributed by atoms with Gasteiger partial charge < -0.3 is 10.0 Å². The summed E-state index contributed by atoms with van der Waals surface area (Å²) in [5.41, 5.74) is 2.36. The molecule has 0 aliphatic heterocycles. The Morgan fingerprint density at radius 1 is 0.714 bits per heavy atom. The highest BCUT2D eigenvalue weighted by molar-refractivity contribution is 6.57. The van der Waals surface area contributed by atoms with Crippen molar-refractivity contribution in [1.82, 2.24) is 15.0 Å². The van der Waals surface area contributed by atoms with Crippen molar-refractivity contribution >= 4 is 12.7 Å². The molecule has 0 amide bonds. The molecule has 3 rings (SSSR count). The van der Waals surface area contributed by atoms with Gasteiger partial charge in [0.05, 0.1) is 11.3 Å². The fourth-order valence-electron chi connectivity index (χ4n) is 1.58. The lowest BCUT2D eigenvalue weighted by Gasteiger charge is -1.96. The monoisotopic (exact) mass is 279 g/mol. The van der Waals surface area contributed by atoms with E-state index in [1.165, 1.54) is 6.20 Å². The molecule has 0 fully saturated rings. The normalized spacial score (nSPS) is 9.43. The molecule has 2 N–H and O–H groups in total. The van der Waals surface area contributed by atoms with E-state index in [0.717, 1.165) is 11.3 Å². The van der Waals surface area contributed by atoms with Crippen LogP contribution in [0.1, 0.15) is 0 Å². The Morgan fingerprint density at radius 3 is 1.86 bits per heavy atom. The Balaban J connectivity index is 0.000000161. The smallest absolute Gasteiger partial charge is 0.422 e. The highest BCUT2D eigenvalue weighted by atomic mass is 16.4. The van der Waals surface area contributed by atoms with Gasteiger partial charge in [-0.2, -0.15) is 0 Å². The van der Waals surface area contributed by atoms with Gasteiger partial charge in [0.25, 0.3) is 0 Å². The summed E-state index contributed by atoms with van der Waals surface area (Å²) in [6, 6.07) is 14.7. The molecule has 0 atom stereocenters. The molecule has 0 aliphatic carbocycles. The van der Waals surface area contributed by atoms with Crippen LogP contribution in [0.3, 0.4) is 0 Å². The van der Waals surface area contributed by atoms with E-state index in [1.54, 1.807) is 36.8 Å². The van der Waals surface area contributed by atoms with E-state index in [1.807, 2.05) is 30.3 Å². The van der Waals surface area contributed by atoms with E-state index in [0.29, 0.717) is 0 Å². The predicted octanol–water partition coefficient (Wildman–Crippen LogP) is 0.905. The van der Waals surface area contributed by atoms with Crippen molar-refractivity contribution in [2.45, 2.75) is 0 Å². The molecule has 0 spiro atoms. The molecule has 0 unspecified atom stereocenters. The van der Waals surface area contributed by atoms with Crippen molar-refractivity contribution < 1.29 is 10.0 Å². The maximum Gasteiger partial charge on any atom is 0.508 e. The van der Waals surface area contributed by atoms with Gasteiger partial charge in [-0.05, 0) is 36.4 Å². The number of hydrogen-bond donors (Lipinski definition) is 2. The average molecular weight is 279 g/mol. The first-order valence-electron chi connectivity index (χ1n) is 6.36. The van der Waals surface area contributed by atoms with Crippen molar-refractivity contribution in [1.29, 1.82) is 0 Å². The Bertz CT molecular complexity index is 599. The van der Waals surface area contributed by atoms with Crippen LogP contribution in [0, 0.1) is 0 Å². The summed E-state index contributed by atoms with van der Waals surface area (Å²) in [6.45, 7) is 0. The van der Waals surface area contributed by atoms with E-state index in [-0.39, 0.29) is 5.59 Å². The topological polar surface area (TPSA) is 79.1 Å². The highest BCUT2D eigenvalue weighted by Crippen LogP contribution is 2.13. The zero-order valence-corrected chi connectivity index (χ0v) is 11.2. The molecular formula is C15H14BN3O2. The van der Waals surface area contributed by atoms with Gasteiger partial charge in [0, 0.05) is 30.4 Å². The number of aromatic nitrogens is 3. The van der Waals surface area contributed by atoms with Gasteiger partial charge in [0.1, 0.15) is 0 Å². The second-order valence-electron chi connectivity index (χ2n) is 4.08. The van der Waals surface area contributed by atoms with Crippen molar-refractivity contribution in [3.8, 4) is 11.3 Å². The van der Waals surface area contributed by atoms with Crippen LogP contribution in [0.4, 0.5) is 0 Å². The fraction of sp³-hybridized carbons (Fsp3) is 0. The molecule has 5 nitrogen and oxygen atoms in total. The SMILES string of the molecule is OB(O)c1ccccn1.c1ccc(-c2ccncc2)nc1. The lowest BCUT2D eigenvalue weighted by atomic mass is 9.86. The molecule has 3 aromatic rings. The van der Waals surface area contributed by atoms with Gasteiger partial charge >= 0.3 is 7.12 Å². The quantitative estimate of drug-likeness (QED) is 0.681. The molecule has 0 saturated heterocycles. The van der Waals surface area contributed by atoms with Crippen molar-refractivity contribution in [3.63, 3.8) is 0 Å². The maximum absolute atomic E-state index is 8.52. The summed E-state index contributed by atoms with van der Waals surface area (Å²) in [6.07, 6.45) is 6.83. The number of nitrogens with zero attached hydrogens (tertiary/aromatic N) is 3. The third kappa shape index (κ3) is 4.79. The summed E-state index contributed by atoms with van der Waals surface area (Å²) in [5.74, 6) is 0. The molecule has 3 aromatic heterocycles. The minimum absolute atomic E-state index is 0.275. The van der Waals surface area contributed by atoms with E-state index in [2.05, 4.69) is 15.0 Å². The van der Waals surface area contributed by atoms with E-state index < -0.39 is 7.12 Å². The largest absolute Gasteiger partial charge is 0.508 e. The first-order chi connectivity index (χ1) is 10.3. The second-order valence-corrected chi connectivity index (χ2v) is 4.08. The van der Waals surface area contributed by atoms with Gasteiger partial charge in [-0.25, -0.2) is 0 Å². The van der Waals surface area contributed by atoms with Gasteiger partial charge in [0.15, 0.2) is 0 Å². The summed E-state index contributed by atoms with van der Waals surface area (Å²) in [7, 11) is -1.45. The standard InChI is InChI=1S/C10H8N2.C5H6BNO2/c1-2-6-12-10(3-1)9-4-7-11-8-5-9;8-6(9)5-3-1-2-4-7-5/h1-8H;1-4,8-9H. The Labute approximate surface area is 123 Å². The molecule has 0 radical (unpaired) electrons. The summed E-state index contributed by atoms with van der Waals surface area (Å²) < 4.78 is 0. The molecule has 3 heterocycles. The Kier molecular flexibility index (Phi) is 5.57. The molecule has 0 saturated carbocycles. The molecule has 21 heavy (non-hydrogen) atoms. The van der Waals surface area contributed by atoms with Crippen LogP contribution in [0.5, 0.6) is 0 Å². The van der Waals surface area contributed by atoms with Crippen LogP contribution in [-0.2, 0) is 0 Å². The van der Waals surface area contributed by atoms with E-state index in [9.17, 15) is 0 Å². The van der Waals surface area contributed by atoms with Gasteiger partial charge in [0.2, 0.25) is 0 Å². The van der Waals surface area contributed by atoms with Crippen molar-refractivity contribution in [2.75, 3.05) is 0 Å². The van der Waals surface area contributed by atoms with Crippen LogP contribution in [0.25, 0.3) is 11.3 Å². The molecular weight excluding hydrogens is 265 g/mol. The zero-order chi connectivity index (χ0) is 14.9. The Hall–Kier alpha value is -2.57. The van der Waals surface area contributed by atoms with Crippen molar-refractivity contribution in [2.24, 2.45) is 0 Å². The summed E-state index contributed by atoms with van der Waals surface area (Å²) in [4.78, 5) is 11.8. The Morgan fingerprint density at radius 2 is 1.38 bits per heavy atom. The first-order valence-corrected chi connectivity index (χ1v) is 6.36. The van der Waals surface area contributed by atoms with Gasteiger partial charge in [-0.1, -0.05) is 12.1 Å². The number of pyridine rings is 3. The van der Waals surface area contributed by atoms with E-state index >= 15 is 0 Å². The number of hydrogen-bond acceptors (Lipinski definition) is 5. The molecule has 0 aliphatic rings. The highest BCUT2D eigenvalue weighted by Gasteiger charge is 2.09. The predicted molar refractivity (Wildman–Crippen MR) is 81.5 cm³/mol. The van der Waals surface area contributed by atoms with Crippen LogP contribution in [-0.4, -0.2) is 32.1 Å². The minimum atomic E-state index is -1.45. The van der Waals surface area contributed by atoms with Crippen molar-refractivity contribution in [3.05, 3.63) is 73.3 Å². The average Bonchev–Trinajstić information content (AvgIpc) is 2.58. The van der Waals surface area contributed by atoms with Gasteiger partial charge in [-0.15, -0.1) is 0 Å². The van der Waals surface area contributed by atoms with Crippen LogP contribution >= 0.6 is 0 Å². The fourth-order valence-corrected chi connectivity index (χ4v) is 1.58. The van der Waals surface area contributed by atoms with Crippen LogP contribution in [0.15, 0.2) is 73.3 Å². The molecule has 0 aromatic carbocycles. The van der Waals surface area contributed by atoms with Crippen LogP contribution < -0.4 is 5.59 Å². The summed E-state index contributed by atoms with van der Waals surface area (Å²) in [5, 5.41) is 17.0. The van der Waals surface area contributed by atoms with Gasteiger partial charge in [-0.3, -0.25) is 15.0 Å². The molecule has 6 heteroatoms. The minimum Gasteiger partial charge on any atom is -0.422 e. The van der Waals surface area contributed by atoms with Crippen LogP contribution in [0.2, 0.25) is 0 Å². The maximum atomic E-state index is 8.52. The number of rotatable bonds is 2. The zero-order valence-electron chi connectivity index (χ0n) is 11.2. The first kappa shape index (κ1) is 14.8.